The lowest BCUT2D eigenvalue weighted by atomic mass is 10.1. The highest BCUT2D eigenvalue weighted by atomic mass is 32.2. The zero-order valence-corrected chi connectivity index (χ0v) is 19.2. The van der Waals surface area contributed by atoms with Crippen LogP contribution in [-0.4, -0.2) is 31.5 Å². The molecular weight excluding hydrogens is 458 g/mol. The molecule has 0 fully saturated rings. The lowest BCUT2D eigenvalue weighted by molar-refractivity contribution is -0.384. The number of non-ortho nitro benzene ring substituents is 1. The molecule has 1 N–H and O–H groups in total. The third-order valence-electron chi connectivity index (χ3n) is 4.57. The van der Waals surface area contributed by atoms with E-state index in [0.29, 0.717) is 34.4 Å². The Bertz CT molecular complexity index is 1290. The summed E-state index contributed by atoms with van der Waals surface area (Å²) in [7, 11) is 0. The standard InChI is InChI=1S/C23H19N5O3S2/c1-15-24-19(16-6-3-2-4-7-16)13-22(25-15)32-11-10-21(29)27-23-26-20(14-33-23)17-8-5-9-18(12-17)28(30)31/h2-9,12-14H,10-11H2,1H3,(H,26,27,29). The number of rotatable bonds is 8. The minimum Gasteiger partial charge on any atom is -0.302 e. The average molecular weight is 478 g/mol. The summed E-state index contributed by atoms with van der Waals surface area (Å²) in [5.41, 5.74) is 3.08. The highest BCUT2D eigenvalue weighted by Crippen LogP contribution is 2.28. The first kappa shape index (κ1) is 22.6. The number of carbonyl (C=O) groups is 1. The van der Waals surface area contributed by atoms with Crippen LogP contribution in [0, 0.1) is 17.0 Å². The molecule has 0 aliphatic carbocycles. The van der Waals surface area contributed by atoms with Gasteiger partial charge in [-0.2, -0.15) is 0 Å². The summed E-state index contributed by atoms with van der Waals surface area (Å²) in [6.45, 7) is 1.85. The van der Waals surface area contributed by atoms with Gasteiger partial charge >= 0.3 is 0 Å². The van der Waals surface area contributed by atoms with Crippen LogP contribution >= 0.6 is 23.1 Å². The zero-order chi connectivity index (χ0) is 23.2. The lowest BCUT2D eigenvalue weighted by Crippen LogP contribution is -2.12. The molecule has 8 nitrogen and oxygen atoms in total. The van der Waals surface area contributed by atoms with Crippen molar-refractivity contribution in [3.63, 3.8) is 0 Å². The number of thiazole rings is 1. The molecule has 2 aromatic heterocycles. The van der Waals surface area contributed by atoms with Crippen molar-refractivity contribution in [2.75, 3.05) is 11.1 Å². The molecule has 0 bridgehead atoms. The van der Waals surface area contributed by atoms with E-state index >= 15 is 0 Å². The Kier molecular flexibility index (Phi) is 7.06. The minimum absolute atomic E-state index is 0.00140. The molecule has 0 saturated carbocycles. The monoisotopic (exact) mass is 477 g/mol. The van der Waals surface area contributed by atoms with Gasteiger partial charge in [-0.05, 0) is 13.0 Å². The first-order valence-corrected chi connectivity index (χ1v) is 11.9. The van der Waals surface area contributed by atoms with Crippen LogP contribution in [0.3, 0.4) is 0 Å². The predicted molar refractivity (Wildman–Crippen MR) is 130 cm³/mol. The van der Waals surface area contributed by atoms with Gasteiger partial charge in [-0.15, -0.1) is 23.1 Å². The Morgan fingerprint density at radius 1 is 1.03 bits per heavy atom. The number of benzene rings is 2. The molecule has 0 unspecified atom stereocenters. The number of aromatic nitrogens is 3. The number of thioether (sulfide) groups is 1. The van der Waals surface area contributed by atoms with Gasteiger partial charge in [0.05, 0.1) is 16.3 Å². The van der Waals surface area contributed by atoms with Crippen LogP contribution in [0.2, 0.25) is 0 Å². The first-order chi connectivity index (χ1) is 16.0. The van der Waals surface area contributed by atoms with E-state index in [2.05, 4.69) is 20.3 Å². The van der Waals surface area contributed by atoms with Gasteiger partial charge < -0.3 is 5.32 Å². The Balaban J connectivity index is 1.33. The molecule has 4 rings (SSSR count). The molecule has 1 amide bonds. The van der Waals surface area contributed by atoms with Gasteiger partial charge in [-0.1, -0.05) is 42.5 Å². The summed E-state index contributed by atoms with van der Waals surface area (Å²) in [4.78, 5) is 36.2. The van der Waals surface area contributed by atoms with E-state index in [0.717, 1.165) is 16.3 Å². The number of nitro groups is 1. The summed E-state index contributed by atoms with van der Waals surface area (Å²) in [5.74, 6) is 1.08. The van der Waals surface area contributed by atoms with E-state index in [4.69, 9.17) is 0 Å². The van der Waals surface area contributed by atoms with Gasteiger partial charge in [0, 0.05) is 40.8 Å². The molecular formula is C23H19N5O3S2. The SMILES string of the molecule is Cc1nc(SCCC(=O)Nc2nc(-c3cccc([N+](=O)[O-])c3)cs2)cc(-c2ccccc2)n1. The van der Waals surface area contributed by atoms with Crippen molar-refractivity contribution < 1.29 is 9.72 Å². The lowest BCUT2D eigenvalue weighted by Gasteiger charge is -2.06. The normalized spacial score (nSPS) is 10.7. The van der Waals surface area contributed by atoms with E-state index in [-0.39, 0.29) is 11.6 Å². The second-order valence-corrected chi connectivity index (χ2v) is 8.97. The highest BCUT2D eigenvalue weighted by Gasteiger charge is 2.12. The van der Waals surface area contributed by atoms with Crippen LogP contribution in [0.5, 0.6) is 0 Å². The molecule has 0 aliphatic heterocycles. The summed E-state index contributed by atoms with van der Waals surface area (Å²) >= 11 is 2.77. The van der Waals surface area contributed by atoms with Crippen molar-refractivity contribution >= 4 is 39.8 Å². The summed E-state index contributed by atoms with van der Waals surface area (Å²) in [6, 6.07) is 18.1. The third-order valence-corrected chi connectivity index (χ3v) is 6.24. The topological polar surface area (TPSA) is 111 Å². The molecule has 0 saturated heterocycles. The van der Waals surface area contributed by atoms with E-state index in [1.807, 2.05) is 43.3 Å². The van der Waals surface area contributed by atoms with Crippen molar-refractivity contribution in [1.82, 2.24) is 15.0 Å². The van der Waals surface area contributed by atoms with Gasteiger partial charge in [-0.3, -0.25) is 14.9 Å². The van der Waals surface area contributed by atoms with Crippen molar-refractivity contribution in [3.8, 4) is 22.5 Å². The maximum atomic E-state index is 12.4. The molecule has 0 radical (unpaired) electrons. The number of nitro benzene ring substituents is 1. The molecule has 0 spiro atoms. The Morgan fingerprint density at radius 3 is 2.61 bits per heavy atom. The number of hydrogen-bond acceptors (Lipinski definition) is 8. The number of nitrogens with zero attached hydrogens (tertiary/aromatic N) is 4. The summed E-state index contributed by atoms with van der Waals surface area (Å²) in [5, 5.41) is 16.8. The fourth-order valence-electron chi connectivity index (χ4n) is 3.04. The van der Waals surface area contributed by atoms with Crippen LogP contribution in [0.1, 0.15) is 12.2 Å². The molecule has 2 heterocycles. The number of carbonyl (C=O) groups excluding carboxylic acids is 1. The number of nitrogens with one attached hydrogen (secondary N) is 1. The number of aryl methyl sites for hydroxylation is 1. The van der Waals surface area contributed by atoms with E-state index in [1.54, 1.807) is 17.5 Å². The number of hydrogen-bond donors (Lipinski definition) is 1. The molecule has 0 aliphatic rings. The summed E-state index contributed by atoms with van der Waals surface area (Å²) in [6.07, 6.45) is 0.292. The maximum Gasteiger partial charge on any atom is 0.270 e. The van der Waals surface area contributed by atoms with Crippen LogP contribution < -0.4 is 5.32 Å². The fraction of sp³-hybridized carbons (Fsp3) is 0.130. The highest BCUT2D eigenvalue weighted by molar-refractivity contribution is 7.99. The molecule has 10 heteroatoms. The predicted octanol–water partition coefficient (Wildman–Crippen LogP) is 5.60. The molecule has 166 valence electrons. The van der Waals surface area contributed by atoms with Crippen LogP contribution in [0.15, 0.2) is 71.1 Å². The van der Waals surface area contributed by atoms with E-state index in [9.17, 15) is 14.9 Å². The molecule has 0 atom stereocenters. The molecule has 33 heavy (non-hydrogen) atoms. The van der Waals surface area contributed by atoms with Crippen molar-refractivity contribution in [3.05, 3.63) is 82.0 Å². The number of amides is 1. The van der Waals surface area contributed by atoms with Gasteiger partial charge in [0.1, 0.15) is 10.9 Å². The minimum atomic E-state index is -0.446. The van der Waals surface area contributed by atoms with Crippen molar-refractivity contribution in [1.29, 1.82) is 0 Å². The van der Waals surface area contributed by atoms with Gasteiger partial charge in [0.15, 0.2) is 5.13 Å². The van der Waals surface area contributed by atoms with E-state index in [1.165, 1.54) is 35.2 Å². The quantitative estimate of drug-likeness (QED) is 0.152. The summed E-state index contributed by atoms with van der Waals surface area (Å²) < 4.78 is 0. The first-order valence-electron chi connectivity index (χ1n) is 10.0. The number of anilines is 1. The Hall–Kier alpha value is -3.63. The fourth-order valence-corrected chi connectivity index (χ4v) is 4.67. The van der Waals surface area contributed by atoms with Crippen LogP contribution in [0.4, 0.5) is 10.8 Å². The van der Waals surface area contributed by atoms with E-state index < -0.39 is 4.92 Å². The molecule has 2 aromatic carbocycles. The third kappa shape index (κ3) is 5.99. The Labute approximate surface area is 198 Å². The van der Waals surface area contributed by atoms with Crippen molar-refractivity contribution in [2.45, 2.75) is 18.4 Å². The second-order valence-electron chi connectivity index (χ2n) is 7.00. The smallest absolute Gasteiger partial charge is 0.270 e. The van der Waals surface area contributed by atoms with Crippen LogP contribution in [0.25, 0.3) is 22.5 Å². The maximum absolute atomic E-state index is 12.4. The Morgan fingerprint density at radius 2 is 1.82 bits per heavy atom. The van der Waals surface area contributed by atoms with Gasteiger partial charge in [0.25, 0.3) is 5.69 Å². The van der Waals surface area contributed by atoms with Gasteiger partial charge in [-0.25, -0.2) is 15.0 Å². The van der Waals surface area contributed by atoms with Crippen LogP contribution in [-0.2, 0) is 4.79 Å². The zero-order valence-electron chi connectivity index (χ0n) is 17.6. The average Bonchev–Trinajstić information content (AvgIpc) is 3.28. The van der Waals surface area contributed by atoms with Gasteiger partial charge in [0.2, 0.25) is 5.91 Å². The second kappa shape index (κ2) is 10.3. The largest absolute Gasteiger partial charge is 0.302 e. The van der Waals surface area contributed by atoms with Crippen molar-refractivity contribution in [2.24, 2.45) is 0 Å². The molecule has 4 aromatic rings.